The number of nitrogens with one attached hydrogen (secondary N) is 2. The Labute approximate surface area is 138 Å². The quantitative estimate of drug-likeness (QED) is 0.860. The van der Waals surface area contributed by atoms with Gasteiger partial charge in [0.15, 0.2) is 0 Å². The predicted molar refractivity (Wildman–Crippen MR) is 92.8 cm³/mol. The molecule has 2 N–H and O–H groups in total. The van der Waals surface area contributed by atoms with Crippen molar-refractivity contribution in [3.8, 4) is 5.75 Å². The summed E-state index contributed by atoms with van der Waals surface area (Å²) in [6.45, 7) is 2.90. The molecule has 23 heavy (non-hydrogen) atoms. The van der Waals surface area contributed by atoms with Crippen LogP contribution in [0.5, 0.6) is 5.75 Å². The Morgan fingerprint density at radius 1 is 1.04 bits per heavy atom. The Hall–Kier alpha value is -1.84. The van der Waals surface area contributed by atoms with E-state index in [0.29, 0.717) is 24.6 Å². The van der Waals surface area contributed by atoms with E-state index < -0.39 is 0 Å². The number of ether oxygens (including phenoxy) is 1. The van der Waals surface area contributed by atoms with Gasteiger partial charge in [0.05, 0.1) is 0 Å². The highest BCUT2D eigenvalue weighted by Gasteiger charge is 2.39. The van der Waals surface area contributed by atoms with Gasteiger partial charge in [0, 0.05) is 24.5 Å². The molecule has 2 fully saturated rings. The average molecular weight is 308 g/mol. The van der Waals surface area contributed by atoms with E-state index in [0.717, 1.165) is 18.8 Å². The zero-order valence-corrected chi connectivity index (χ0v) is 13.4. The van der Waals surface area contributed by atoms with Crippen LogP contribution >= 0.6 is 0 Å². The number of hydrogen-bond acceptors (Lipinski definition) is 3. The van der Waals surface area contributed by atoms with E-state index in [-0.39, 0.29) is 0 Å². The molecule has 0 radical (unpaired) electrons. The first-order valence-corrected chi connectivity index (χ1v) is 8.62. The van der Waals surface area contributed by atoms with Crippen LogP contribution in [0.4, 0.5) is 0 Å². The van der Waals surface area contributed by atoms with Crippen LogP contribution in [-0.4, -0.2) is 25.2 Å². The Kier molecular flexibility index (Phi) is 4.31. The van der Waals surface area contributed by atoms with Crippen LogP contribution in [0.1, 0.15) is 29.9 Å². The van der Waals surface area contributed by atoms with E-state index in [1.165, 1.54) is 24.0 Å². The maximum atomic E-state index is 5.86. The molecule has 4 rings (SSSR count). The van der Waals surface area contributed by atoms with E-state index in [9.17, 15) is 0 Å². The van der Waals surface area contributed by atoms with Crippen molar-refractivity contribution in [2.75, 3.05) is 13.1 Å². The number of rotatable bonds is 6. The first-order chi connectivity index (χ1) is 11.4. The second-order valence-corrected chi connectivity index (χ2v) is 6.65. The van der Waals surface area contributed by atoms with Gasteiger partial charge in [0.25, 0.3) is 0 Å². The van der Waals surface area contributed by atoms with Gasteiger partial charge in [-0.25, -0.2) is 0 Å². The first-order valence-electron chi connectivity index (χ1n) is 8.62. The van der Waals surface area contributed by atoms with Gasteiger partial charge < -0.3 is 15.4 Å². The molecule has 2 aliphatic rings. The number of hydrogen-bond donors (Lipinski definition) is 2. The summed E-state index contributed by atoms with van der Waals surface area (Å²) in [5.74, 6) is 1.63. The van der Waals surface area contributed by atoms with Gasteiger partial charge in [-0.3, -0.25) is 0 Å². The fourth-order valence-corrected chi connectivity index (χ4v) is 3.40. The molecule has 1 aliphatic carbocycles. The Balaban J connectivity index is 1.28. The van der Waals surface area contributed by atoms with Gasteiger partial charge in [-0.05, 0) is 42.6 Å². The largest absolute Gasteiger partial charge is 0.489 e. The smallest absolute Gasteiger partial charge is 0.119 e. The normalized spacial score (nSPS) is 26.2. The maximum Gasteiger partial charge on any atom is 0.119 e. The van der Waals surface area contributed by atoms with Crippen molar-refractivity contribution in [1.82, 2.24) is 10.6 Å². The molecule has 1 heterocycles. The van der Waals surface area contributed by atoms with Crippen LogP contribution in [0.25, 0.3) is 0 Å². The molecule has 0 amide bonds. The summed E-state index contributed by atoms with van der Waals surface area (Å²) in [6, 6.07) is 20.3. The predicted octanol–water partition coefficient (Wildman–Crippen LogP) is 3.07. The monoisotopic (exact) mass is 308 g/mol. The summed E-state index contributed by atoms with van der Waals surface area (Å²) < 4.78 is 5.86. The number of benzene rings is 2. The maximum absolute atomic E-state index is 5.86. The summed E-state index contributed by atoms with van der Waals surface area (Å²) in [6.07, 6.45) is 2.52. The second kappa shape index (κ2) is 6.73. The van der Waals surface area contributed by atoms with Crippen molar-refractivity contribution < 1.29 is 4.74 Å². The molecular formula is C20H24N2O. The standard InChI is InChI=1S/C20H24N2O/c1-2-4-15(5-3-1)14-23-18-8-6-16(7-9-18)19-12-20(19)22-17-10-11-21-13-17/h1-9,17,19-22H,10-14H2/t17?,19-,20+/m0/s1. The van der Waals surface area contributed by atoms with Gasteiger partial charge in [0.2, 0.25) is 0 Å². The molecular weight excluding hydrogens is 284 g/mol. The topological polar surface area (TPSA) is 33.3 Å². The van der Waals surface area contributed by atoms with Crippen molar-refractivity contribution >= 4 is 0 Å². The lowest BCUT2D eigenvalue weighted by Crippen LogP contribution is -2.33. The highest BCUT2D eigenvalue weighted by Crippen LogP contribution is 2.41. The summed E-state index contributed by atoms with van der Waals surface area (Å²) in [7, 11) is 0. The minimum Gasteiger partial charge on any atom is -0.489 e. The molecule has 3 heteroatoms. The van der Waals surface area contributed by atoms with Crippen molar-refractivity contribution in [3.63, 3.8) is 0 Å². The molecule has 0 spiro atoms. The van der Waals surface area contributed by atoms with Crippen LogP contribution in [0.3, 0.4) is 0 Å². The van der Waals surface area contributed by atoms with Gasteiger partial charge in [-0.15, -0.1) is 0 Å². The fraction of sp³-hybridized carbons (Fsp3) is 0.400. The summed E-state index contributed by atoms with van der Waals surface area (Å²) >= 11 is 0. The highest BCUT2D eigenvalue weighted by atomic mass is 16.5. The molecule has 3 atom stereocenters. The molecule has 2 aromatic carbocycles. The van der Waals surface area contributed by atoms with Crippen LogP contribution in [0.15, 0.2) is 54.6 Å². The lowest BCUT2D eigenvalue weighted by Gasteiger charge is -2.11. The zero-order valence-electron chi connectivity index (χ0n) is 13.4. The van der Waals surface area contributed by atoms with E-state index in [4.69, 9.17) is 4.74 Å². The van der Waals surface area contributed by atoms with Crippen LogP contribution in [0, 0.1) is 0 Å². The Morgan fingerprint density at radius 2 is 1.87 bits per heavy atom. The van der Waals surface area contributed by atoms with E-state index in [1.54, 1.807) is 0 Å². The van der Waals surface area contributed by atoms with Crippen molar-refractivity contribution in [2.24, 2.45) is 0 Å². The molecule has 0 bridgehead atoms. The van der Waals surface area contributed by atoms with Crippen LogP contribution < -0.4 is 15.4 Å². The van der Waals surface area contributed by atoms with Crippen LogP contribution in [0.2, 0.25) is 0 Å². The Morgan fingerprint density at radius 3 is 2.61 bits per heavy atom. The minimum absolute atomic E-state index is 0.627. The molecule has 0 aromatic heterocycles. The molecule has 1 aliphatic heterocycles. The van der Waals surface area contributed by atoms with Gasteiger partial charge >= 0.3 is 0 Å². The zero-order chi connectivity index (χ0) is 15.5. The lowest BCUT2D eigenvalue weighted by molar-refractivity contribution is 0.306. The third-order valence-electron chi connectivity index (χ3n) is 4.86. The van der Waals surface area contributed by atoms with E-state index in [2.05, 4.69) is 47.0 Å². The lowest BCUT2D eigenvalue weighted by atomic mass is 10.1. The molecule has 1 saturated carbocycles. The summed E-state index contributed by atoms with van der Waals surface area (Å²) in [5.41, 5.74) is 2.63. The average Bonchev–Trinajstić information content (AvgIpc) is 3.17. The molecule has 1 unspecified atom stereocenters. The van der Waals surface area contributed by atoms with Crippen molar-refractivity contribution in [2.45, 2.75) is 37.5 Å². The van der Waals surface area contributed by atoms with E-state index >= 15 is 0 Å². The first kappa shape index (κ1) is 14.7. The third-order valence-corrected chi connectivity index (χ3v) is 4.86. The molecule has 2 aromatic rings. The van der Waals surface area contributed by atoms with E-state index in [1.807, 2.05) is 18.2 Å². The van der Waals surface area contributed by atoms with Gasteiger partial charge in [0.1, 0.15) is 12.4 Å². The molecule has 1 saturated heterocycles. The third kappa shape index (κ3) is 3.74. The highest BCUT2D eigenvalue weighted by molar-refractivity contribution is 5.34. The fourth-order valence-electron chi connectivity index (χ4n) is 3.40. The Bertz CT molecular complexity index is 620. The summed E-state index contributed by atoms with van der Waals surface area (Å²) in [4.78, 5) is 0. The van der Waals surface area contributed by atoms with Gasteiger partial charge in [-0.2, -0.15) is 0 Å². The minimum atomic E-state index is 0.627. The van der Waals surface area contributed by atoms with Crippen molar-refractivity contribution in [1.29, 1.82) is 0 Å². The SMILES string of the molecule is c1ccc(COc2ccc([C@@H]3C[C@H]3NC3CCNC3)cc2)cc1. The molecule has 120 valence electrons. The second-order valence-electron chi connectivity index (χ2n) is 6.65. The van der Waals surface area contributed by atoms with Crippen molar-refractivity contribution in [3.05, 3.63) is 65.7 Å². The molecule has 3 nitrogen and oxygen atoms in total. The van der Waals surface area contributed by atoms with Crippen LogP contribution in [-0.2, 0) is 6.61 Å². The van der Waals surface area contributed by atoms with Gasteiger partial charge in [-0.1, -0.05) is 42.5 Å². The summed E-state index contributed by atoms with van der Waals surface area (Å²) in [5, 5.41) is 7.18.